The second kappa shape index (κ2) is 11.0. The largest absolute Gasteiger partial charge is 0.292 e. The van der Waals surface area contributed by atoms with Crippen LogP contribution in [0.25, 0.3) is 94.8 Å². The first kappa shape index (κ1) is 27.5. The van der Waals surface area contributed by atoms with Crippen molar-refractivity contribution in [2.75, 3.05) is 0 Å². The van der Waals surface area contributed by atoms with Crippen LogP contribution >= 0.6 is 0 Å². The number of nitrogens with zero attached hydrogens (tertiary/aromatic N) is 4. The molecule has 0 saturated heterocycles. The lowest BCUT2D eigenvalue weighted by Gasteiger charge is -2.14. The molecule has 0 aliphatic heterocycles. The van der Waals surface area contributed by atoms with Gasteiger partial charge in [-0.3, -0.25) is 14.5 Å². The number of aromatic nitrogens is 4. The summed E-state index contributed by atoms with van der Waals surface area (Å²) in [4.78, 5) is 14.6. The highest BCUT2D eigenvalue weighted by molar-refractivity contribution is 6.23. The number of hydrogen-bond donors (Lipinski definition) is 0. The lowest BCUT2D eigenvalue weighted by molar-refractivity contribution is 1.10. The van der Waals surface area contributed by atoms with Crippen molar-refractivity contribution in [3.63, 3.8) is 0 Å². The van der Waals surface area contributed by atoms with Crippen LogP contribution in [0.4, 0.5) is 0 Å². The number of benzene rings is 6. The third-order valence-electron chi connectivity index (χ3n) is 9.70. The Labute approximate surface area is 283 Å². The van der Waals surface area contributed by atoms with Gasteiger partial charge < -0.3 is 0 Å². The summed E-state index contributed by atoms with van der Waals surface area (Å²) in [5, 5.41) is 2.50. The fraction of sp³-hybridized carbons (Fsp3) is 0. The Hall–Kier alpha value is -6.65. The summed E-state index contributed by atoms with van der Waals surface area (Å²) < 4.78 is 2.25. The van der Waals surface area contributed by atoms with Gasteiger partial charge in [-0.25, -0.2) is 4.98 Å². The Balaban J connectivity index is 1.14. The van der Waals surface area contributed by atoms with Crippen molar-refractivity contribution < 1.29 is 0 Å². The molecule has 10 rings (SSSR count). The van der Waals surface area contributed by atoms with Gasteiger partial charge in [0.15, 0.2) is 0 Å². The Bertz CT molecular complexity index is 2600. The average Bonchev–Trinajstić information content (AvgIpc) is 3.74. The lowest BCUT2D eigenvalue weighted by atomic mass is 9.90. The van der Waals surface area contributed by atoms with E-state index in [9.17, 15) is 0 Å². The van der Waals surface area contributed by atoms with Crippen molar-refractivity contribution >= 4 is 21.8 Å². The van der Waals surface area contributed by atoms with Gasteiger partial charge in [-0.2, -0.15) is 0 Å². The summed E-state index contributed by atoms with van der Waals surface area (Å²) in [6.07, 6.45) is 3.74. The zero-order valence-electron chi connectivity index (χ0n) is 26.5. The van der Waals surface area contributed by atoms with E-state index in [2.05, 4.69) is 138 Å². The predicted octanol–water partition coefficient (Wildman–Crippen LogP) is 11.3. The van der Waals surface area contributed by atoms with Crippen molar-refractivity contribution in [3.8, 4) is 73.0 Å². The van der Waals surface area contributed by atoms with Crippen LogP contribution in [0.3, 0.4) is 0 Å². The Morgan fingerprint density at radius 2 is 1.00 bits per heavy atom. The molecule has 9 aromatic rings. The molecule has 1 aliphatic carbocycles. The molecule has 0 N–H and O–H groups in total. The summed E-state index contributed by atoms with van der Waals surface area (Å²) in [6.45, 7) is 0. The van der Waals surface area contributed by atoms with E-state index >= 15 is 0 Å². The van der Waals surface area contributed by atoms with Gasteiger partial charge in [-0.1, -0.05) is 109 Å². The summed E-state index contributed by atoms with van der Waals surface area (Å²) in [5.74, 6) is 0.930. The Kier molecular flexibility index (Phi) is 6.15. The van der Waals surface area contributed by atoms with E-state index in [0.717, 1.165) is 50.6 Å². The van der Waals surface area contributed by atoms with Gasteiger partial charge in [-0.05, 0) is 81.6 Å². The minimum atomic E-state index is 0.930. The molecule has 3 heterocycles. The average molecular weight is 625 g/mol. The van der Waals surface area contributed by atoms with E-state index in [-0.39, 0.29) is 0 Å². The molecular weight excluding hydrogens is 597 g/mol. The van der Waals surface area contributed by atoms with E-state index in [1.54, 1.807) is 0 Å². The van der Waals surface area contributed by atoms with Crippen molar-refractivity contribution in [1.82, 2.24) is 19.5 Å². The maximum absolute atomic E-state index is 5.09. The molecule has 0 spiro atoms. The highest BCUT2D eigenvalue weighted by Gasteiger charge is 2.29. The zero-order chi connectivity index (χ0) is 32.3. The minimum Gasteiger partial charge on any atom is -0.292 e. The Morgan fingerprint density at radius 1 is 0.408 bits per heavy atom. The number of rotatable bonds is 5. The third-order valence-corrected chi connectivity index (χ3v) is 9.70. The van der Waals surface area contributed by atoms with Crippen molar-refractivity contribution in [2.24, 2.45) is 0 Å². The molecule has 49 heavy (non-hydrogen) atoms. The lowest BCUT2D eigenvalue weighted by Crippen LogP contribution is -1.97. The normalized spacial score (nSPS) is 11.7. The summed E-state index contributed by atoms with van der Waals surface area (Å²) in [7, 11) is 0. The molecular formula is C45H28N4. The third kappa shape index (κ3) is 4.28. The molecule has 0 atom stereocenters. The highest BCUT2D eigenvalue weighted by atomic mass is 15.1. The molecule has 0 unspecified atom stereocenters. The summed E-state index contributed by atoms with van der Waals surface area (Å²) in [6, 6.07) is 55.6. The van der Waals surface area contributed by atoms with Gasteiger partial charge in [0.1, 0.15) is 5.82 Å². The molecule has 6 aromatic carbocycles. The fourth-order valence-corrected chi connectivity index (χ4v) is 7.57. The van der Waals surface area contributed by atoms with E-state index in [4.69, 9.17) is 15.0 Å². The maximum atomic E-state index is 5.09. The second-order valence-electron chi connectivity index (χ2n) is 12.4. The smallest absolute Gasteiger partial charge is 0.145 e. The first-order valence-corrected chi connectivity index (χ1v) is 16.5. The van der Waals surface area contributed by atoms with E-state index < -0.39 is 0 Å². The molecule has 0 saturated carbocycles. The van der Waals surface area contributed by atoms with Crippen LogP contribution in [-0.2, 0) is 0 Å². The fourth-order valence-electron chi connectivity index (χ4n) is 7.57. The second-order valence-corrected chi connectivity index (χ2v) is 12.4. The number of hydrogen-bond acceptors (Lipinski definition) is 3. The molecule has 4 heteroatoms. The minimum absolute atomic E-state index is 0.930. The van der Waals surface area contributed by atoms with Gasteiger partial charge in [0, 0.05) is 45.9 Å². The van der Waals surface area contributed by atoms with E-state index in [0.29, 0.717) is 0 Å². The molecule has 1 aliphatic rings. The van der Waals surface area contributed by atoms with Crippen molar-refractivity contribution in [2.45, 2.75) is 0 Å². The van der Waals surface area contributed by atoms with Crippen LogP contribution in [0, 0.1) is 0 Å². The standard InChI is InChI=1S/C45H28N4/c1-2-11-31(12-3-1)49-41-18-5-4-17-40(41)48-45(49)30-21-19-29(20-22-30)32-23-26-37-42-33(32)13-10-14-36(42)43-34(38-15-6-8-27-46-38)24-25-35(44(37)43)39-16-7-9-28-47-39/h1-28H. The topological polar surface area (TPSA) is 43.6 Å². The van der Waals surface area contributed by atoms with Gasteiger partial charge in [0.05, 0.1) is 22.4 Å². The van der Waals surface area contributed by atoms with Crippen LogP contribution < -0.4 is 0 Å². The monoisotopic (exact) mass is 624 g/mol. The van der Waals surface area contributed by atoms with Gasteiger partial charge in [0.25, 0.3) is 0 Å². The quantitative estimate of drug-likeness (QED) is 0.191. The maximum Gasteiger partial charge on any atom is 0.145 e. The van der Waals surface area contributed by atoms with Crippen LogP contribution in [0.1, 0.15) is 0 Å². The summed E-state index contributed by atoms with van der Waals surface area (Å²) >= 11 is 0. The molecule has 0 amide bonds. The Morgan fingerprint density at radius 3 is 1.69 bits per heavy atom. The van der Waals surface area contributed by atoms with Crippen LogP contribution in [0.5, 0.6) is 0 Å². The number of fused-ring (bicyclic) bond motifs is 4. The number of imidazole rings is 1. The first-order valence-electron chi connectivity index (χ1n) is 16.5. The van der Waals surface area contributed by atoms with Crippen molar-refractivity contribution in [3.05, 3.63) is 170 Å². The van der Waals surface area contributed by atoms with E-state index in [1.165, 1.54) is 44.2 Å². The van der Waals surface area contributed by atoms with Crippen LogP contribution in [-0.4, -0.2) is 19.5 Å². The molecule has 3 aromatic heterocycles. The van der Waals surface area contributed by atoms with Gasteiger partial charge in [0.2, 0.25) is 0 Å². The van der Waals surface area contributed by atoms with Gasteiger partial charge in [-0.15, -0.1) is 0 Å². The molecule has 4 nitrogen and oxygen atoms in total. The summed E-state index contributed by atoms with van der Waals surface area (Å²) in [5.41, 5.74) is 15.7. The molecule has 228 valence electrons. The van der Waals surface area contributed by atoms with Crippen LogP contribution in [0.15, 0.2) is 170 Å². The highest BCUT2D eigenvalue weighted by Crippen LogP contribution is 2.55. The zero-order valence-corrected chi connectivity index (χ0v) is 26.5. The van der Waals surface area contributed by atoms with Gasteiger partial charge >= 0.3 is 0 Å². The molecule has 0 bridgehead atoms. The first-order chi connectivity index (χ1) is 24.3. The van der Waals surface area contributed by atoms with Crippen molar-refractivity contribution in [1.29, 1.82) is 0 Å². The molecule has 0 fully saturated rings. The number of para-hydroxylation sites is 3. The molecule has 0 radical (unpaired) electrons. The predicted molar refractivity (Wildman–Crippen MR) is 200 cm³/mol. The number of pyridine rings is 2. The SMILES string of the molecule is c1ccc(-n2c(-c3ccc(-c4ccc5c6c(cccc46)-c4c(-c6ccccn6)ccc(-c6ccccn6)c4-5)cc3)nc3ccccc32)cc1. The van der Waals surface area contributed by atoms with Crippen LogP contribution in [0.2, 0.25) is 0 Å². The van der Waals surface area contributed by atoms with E-state index in [1.807, 2.05) is 36.7 Å².